The van der Waals surface area contributed by atoms with Crippen LogP contribution in [-0.2, 0) is 24.8 Å². The zero-order chi connectivity index (χ0) is 28.3. The summed E-state index contributed by atoms with van der Waals surface area (Å²) in [7, 11) is -6.65. The molecule has 3 aromatic carbocycles. The van der Waals surface area contributed by atoms with Crippen LogP contribution in [0.5, 0.6) is 5.75 Å². The molecule has 9 nitrogen and oxygen atoms in total. The molecule has 0 atom stereocenters. The quantitative estimate of drug-likeness (QED) is 0.365. The van der Waals surface area contributed by atoms with E-state index in [2.05, 4.69) is 10.0 Å². The van der Waals surface area contributed by atoms with Gasteiger partial charge in [-0.15, -0.1) is 0 Å². The lowest BCUT2D eigenvalue weighted by Crippen LogP contribution is -2.38. The molecular weight excluding hydrogens is 550 g/mol. The first-order valence-corrected chi connectivity index (χ1v) is 14.9. The van der Waals surface area contributed by atoms with Gasteiger partial charge in [0.2, 0.25) is 15.9 Å². The zero-order valence-corrected chi connectivity index (χ0v) is 24.0. The number of nitrogens with zero attached hydrogens (tertiary/aromatic N) is 1. The fraction of sp³-hybridized carbons (Fsp3) is 0.269. The number of hydrogen-bond acceptors (Lipinski definition) is 6. The lowest BCUT2D eigenvalue weighted by molar-refractivity contribution is -0.114. The summed E-state index contributed by atoms with van der Waals surface area (Å²) in [4.78, 5) is 13.2. The van der Waals surface area contributed by atoms with E-state index in [0.29, 0.717) is 10.6 Å². The third-order valence-corrected chi connectivity index (χ3v) is 9.14. The van der Waals surface area contributed by atoms with Gasteiger partial charge in [-0.05, 0) is 81.8 Å². The van der Waals surface area contributed by atoms with E-state index in [9.17, 15) is 21.6 Å². The maximum atomic E-state index is 13.7. The summed E-state index contributed by atoms with van der Waals surface area (Å²) in [6.07, 6.45) is 0. The van der Waals surface area contributed by atoms with Gasteiger partial charge in [0.05, 0.1) is 28.3 Å². The Hall–Kier alpha value is -3.12. The van der Waals surface area contributed by atoms with Gasteiger partial charge in [0, 0.05) is 11.1 Å². The Morgan fingerprint density at radius 2 is 1.58 bits per heavy atom. The highest BCUT2D eigenvalue weighted by Crippen LogP contribution is 2.31. The van der Waals surface area contributed by atoms with Crippen LogP contribution in [0, 0.1) is 13.8 Å². The topological polar surface area (TPSA) is 122 Å². The second-order valence-electron chi connectivity index (χ2n) is 8.94. The molecule has 0 radical (unpaired) electrons. The Balaban J connectivity index is 2.01. The van der Waals surface area contributed by atoms with E-state index in [4.69, 9.17) is 16.3 Å². The van der Waals surface area contributed by atoms with Crippen molar-refractivity contribution >= 4 is 48.9 Å². The predicted octanol–water partition coefficient (Wildman–Crippen LogP) is 4.49. The van der Waals surface area contributed by atoms with Gasteiger partial charge in [0.15, 0.2) is 0 Å². The Morgan fingerprint density at radius 3 is 2.16 bits per heavy atom. The summed E-state index contributed by atoms with van der Waals surface area (Å²) < 4.78 is 61.4. The molecular formula is C26H30ClN3O6S2. The summed E-state index contributed by atoms with van der Waals surface area (Å²) in [6.45, 7) is 6.31. The number of anilines is 2. The molecule has 12 heteroatoms. The number of benzene rings is 3. The minimum absolute atomic E-state index is 0.00989. The number of ether oxygens (including phenoxy) is 1. The van der Waals surface area contributed by atoms with Gasteiger partial charge in [-0.1, -0.05) is 29.3 Å². The number of halogens is 1. The molecule has 0 aliphatic carbocycles. The van der Waals surface area contributed by atoms with Crippen molar-refractivity contribution in [1.82, 2.24) is 4.72 Å². The molecule has 0 bridgehead atoms. The Morgan fingerprint density at radius 1 is 0.947 bits per heavy atom. The van der Waals surface area contributed by atoms with Gasteiger partial charge in [0.1, 0.15) is 12.3 Å². The van der Waals surface area contributed by atoms with E-state index >= 15 is 0 Å². The normalized spacial score (nSPS) is 11.9. The van der Waals surface area contributed by atoms with Crippen molar-refractivity contribution in [3.05, 3.63) is 76.8 Å². The third-order valence-electron chi connectivity index (χ3n) is 5.47. The number of carbonyl (C=O) groups excluding carboxylic acids is 1. The summed E-state index contributed by atoms with van der Waals surface area (Å²) in [6, 6.07) is 14.6. The lowest BCUT2D eigenvalue weighted by Gasteiger charge is -2.26. The van der Waals surface area contributed by atoms with Crippen molar-refractivity contribution in [3.8, 4) is 5.75 Å². The van der Waals surface area contributed by atoms with E-state index in [-0.39, 0.29) is 33.0 Å². The highest BCUT2D eigenvalue weighted by molar-refractivity contribution is 7.92. The first-order chi connectivity index (χ1) is 17.7. The number of amides is 1. The third kappa shape index (κ3) is 6.84. The van der Waals surface area contributed by atoms with Gasteiger partial charge in [0.25, 0.3) is 10.0 Å². The number of nitrogens with one attached hydrogen (secondary N) is 2. The monoisotopic (exact) mass is 579 g/mol. The van der Waals surface area contributed by atoms with Crippen LogP contribution >= 0.6 is 11.6 Å². The van der Waals surface area contributed by atoms with Gasteiger partial charge in [-0.3, -0.25) is 9.10 Å². The first kappa shape index (κ1) is 29.4. The van der Waals surface area contributed by atoms with Crippen molar-refractivity contribution in [2.24, 2.45) is 0 Å². The molecule has 1 amide bonds. The molecule has 0 aromatic heterocycles. The van der Waals surface area contributed by atoms with Crippen LogP contribution in [-0.4, -0.2) is 42.4 Å². The zero-order valence-electron chi connectivity index (χ0n) is 21.6. The maximum absolute atomic E-state index is 13.7. The number of carbonyl (C=O) groups is 1. The molecule has 0 saturated carbocycles. The largest absolute Gasteiger partial charge is 0.495 e. The molecule has 2 N–H and O–H groups in total. The van der Waals surface area contributed by atoms with Gasteiger partial charge in [-0.25, -0.2) is 21.6 Å². The van der Waals surface area contributed by atoms with E-state index < -0.39 is 32.5 Å². The Labute approximate surface area is 228 Å². The fourth-order valence-corrected chi connectivity index (χ4v) is 6.68. The molecule has 0 aliphatic heterocycles. The molecule has 38 heavy (non-hydrogen) atoms. The van der Waals surface area contributed by atoms with Crippen molar-refractivity contribution in [2.75, 3.05) is 23.3 Å². The van der Waals surface area contributed by atoms with Crippen molar-refractivity contribution < 1.29 is 26.4 Å². The van der Waals surface area contributed by atoms with E-state index in [1.54, 1.807) is 45.0 Å². The summed E-state index contributed by atoms with van der Waals surface area (Å²) in [5.41, 5.74) is 1.77. The van der Waals surface area contributed by atoms with Gasteiger partial charge >= 0.3 is 0 Å². The highest BCUT2D eigenvalue weighted by atomic mass is 35.5. The molecule has 3 rings (SSSR count). The smallest absolute Gasteiger partial charge is 0.264 e. The maximum Gasteiger partial charge on any atom is 0.264 e. The average molecular weight is 580 g/mol. The number of methoxy groups -OCH3 is 1. The van der Waals surface area contributed by atoms with Crippen molar-refractivity contribution in [2.45, 2.75) is 43.5 Å². The summed E-state index contributed by atoms with van der Waals surface area (Å²) in [5.74, 6) is -0.503. The number of sulfonamides is 2. The van der Waals surface area contributed by atoms with E-state index in [1.165, 1.54) is 43.5 Å². The average Bonchev–Trinajstić information content (AvgIpc) is 2.82. The van der Waals surface area contributed by atoms with Gasteiger partial charge in [-0.2, -0.15) is 0 Å². The van der Waals surface area contributed by atoms with Crippen LogP contribution in [0.2, 0.25) is 5.02 Å². The van der Waals surface area contributed by atoms with Gasteiger partial charge < -0.3 is 10.1 Å². The highest BCUT2D eigenvalue weighted by Gasteiger charge is 2.29. The first-order valence-electron chi connectivity index (χ1n) is 11.6. The van der Waals surface area contributed by atoms with E-state index in [0.717, 1.165) is 9.87 Å². The molecule has 204 valence electrons. The van der Waals surface area contributed by atoms with Crippen LogP contribution in [0.25, 0.3) is 0 Å². The number of rotatable bonds is 10. The SMILES string of the molecule is COc1ccc(S(=O)(=O)NC(C)C)cc1NC(=O)CN(c1ccc(Cl)cc1C)S(=O)(=O)c1ccc(C)cc1. The minimum atomic E-state index is -4.16. The van der Waals surface area contributed by atoms with E-state index in [1.807, 2.05) is 6.92 Å². The van der Waals surface area contributed by atoms with Crippen LogP contribution in [0.1, 0.15) is 25.0 Å². The van der Waals surface area contributed by atoms with Crippen molar-refractivity contribution in [1.29, 1.82) is 0 Å². The number of aryl methyl sites for hydroxylation is 2. The summed E-state index contributed by atoms with van der Waals surface area (Å²) >= 11 is 6.08. The number of hydrogen-bond donors (Lipinski definition) is 2. The molecule has 0 saturated heterocycles. The molecule has 0 heterocycles. The predicted molar refractivity (Wildman–Crippen MR) is 149 cm³/mol. The Bertz CT molecular complexity index is 1540. The standard InChI is InChI=1S/C26H30ClN3O6S2/c1-17(2)29-37(32,33)22-11-13-25(36-5)23(15-22)28-26(31)16-30(24-12-8-20(27)14-19(24)4)38(34,35)21-9-6-18(3)7-10-21/h6-15,17,29H,16H2,1-5H3,(H,28,31). The van der Waals surface area contributed by atoms with Crippen LogP contribution in [0.15, 0.2) is 70.5 Å². The van der Waals surface area contributed by atoms with Crippen LogP contribution in [0.3, 0.4) is 0 Å². The second kappa shape index (κ2) is 11.7. The molecule has 0 unspecified atom stereocenters. The molecule has 3 aromatic rings. The van der Waals surface area contributed by atoms with Crippen LogP contribution in [0.4, 0.5) is 11.4 Å². The lowest BCUT2D eigenvalue weighted by atomic mass is 10.2. The summed E-state index contributed by atoms with van der Waals surface area (Å²) in [5, 5.41) is 3.02. The minimum Gasteiger partial charge on any atom is -0.495 e. The molecule has 0 spiro atoms. The van der Waals surface area contributed by atoms with Crippen molar-refractivity contribution in [3.63, 3.8) is 0 Å². The second-order valence-corrected chi connectivity index (χ2v) is 13.0. The molecule has 0 aliphatic rings. The fourth-order valence-electron chi connectivity index (χ4n) is 3.69. The Kier molecular flexibility index (Phi) is 9.09. The molecule has 0 fully saturated rings. The van der Waals surface area contributed by atoms with Crippen LogP contribution < -0.4 is 19.1 Å².